The number of fused-ring (bicyclic) bond motifs is 1. The zero-order valence-corrected chi connectivity index (χ0v) is 9.87. The number of aromatic nitrogens is 2. The Morgan fingerprint density at radius 2 is 2.17 bits per heavy atom. The summed E-state index contributed by atoms with van der Waals surface area (Å²) >= 11 is 0. The van der Waals surface area contributed by atoms with E-state index in [-0.39, 0.29) is 0 Å². The lowest BCUT2D eigenvalue weighted by Crippen LogP contribution is -2.31. The largest absolute Gasteiger partial charge is 0.366 e. The first-order chi connectivity index (χ1) is 8.88. The summed E-state index contributed by atoms with van der Waals surface area (Å²) < 4.78 is 0. The van der Waals surface area contributed by atoms with E-state index in [1.807, 2.05) is 30.5 Å². The molecule has 0 bridgehead atoms. The molecule has 0 fully saturated rings. The number of rotatable bonds is 1. The molecule has 0 unspecified atom stereocenters. The van der Waals surface area contributed by atoms with E-state index in [0.717, 1.165) is 42.0 Å². The first-order valence-electron chi connectivity index (χ1n) is 5.90. The highest BCUT2D eigenvalue weighted by Gasteiger charge is 2.19. The van der Waals surface area contributed by atoms with E-state index in [2.05, 4.69) is 20.9 Å². The van der Waals surface area contributed by atoms with Crippen LogP contribution >= 0.6 is 0 Å². The lowest BCUT2D eigenvalue weighted by molar-refractivity contribution is 0.704. The molecular formula is C14H12N4. The summed E-state index contributed by atoms with van der Waals surface area (Å²) in [5, 5.41) is 9.14. The van der Waals surface area contributed by atoms with Crippen molar-refractivity contribution in [3.05, 3.63) is 53.6 Å². The Balaban J connectivity index is 1.95. The summed E-state index contributed by atoms with van der Waals surface area (Å²) in [6, 6.07) is 9.95. The number of nitriles is 1. The third-order valence-corrected chi connectivity index (χ3v) is 3.23. The minimum Gasteiger partial charge on any atom is -0.366 e. The molecule has 0 saturated heterocycles. The van der Waals surface area contributed by atoms with Gasteiger partial charge in [0.15, 0.2) is 0 Å². The van der Waals surface area contributed by atoms with Crippen molar-refractivity contribution in [1.82, 2.24) is 9.97 Å². The fourth-order valence-corrected chi connectivity index (χ4v) is 2.32. The van der Waals surface area contributed by atoms with Crippen LogP contribution in [0.4, 0.5) is 5.69 Å². The molecule has 18 heavy (non-hydrogen) atoms. The van der Waals surface area contributed by atoms with Crippen molar-refractivity contribution in [3.8, 4) is 6.07 Å². The van der Waals surface area contributed by atoms with E-state index < -0.39 is 0 Å². The molecular weight excluding hydrogens is 224 g/mol. The third-order valence-electron chi connectivity index (χ3n) is 3.23. The summed E-state index contributed by atoms with van der Waals surface area (Å²) in [5.74, 6) is 0. The van der Waals surface area contributed by atoms with E-state index >= 15 is 0 Å². The van der Waals surface area contributed by atoms with Crippen molar-refractivity contribution < 1.29 is 0 Å². The Morgan fingerprint density at radius 1 is 1.28 bits per heavy atom. The van der Waals surface area contributed by atoms with E-state index in [0.29, 0.717) is 0 Å². The number of para-hydroxylation sites is 1. The van der Waals surface area contributed by atoms with Crippen LogP contribution in [0.1, 0.15) is 16.8 Å². The maximum absolute atomic E-state index is 9.14. The maximum Gasteiger partial charge on any atom is 0.115 e. The summed E-state index contributed by atoms with van der Waals surface area (Å²) in [6.07, 6.45) is 4.36. The lowest BCUT2D eigenvalue weighted by atomic mass is 10.1. The molecule has 0 spiro atoms. The molecule has 4 heteroatoms. The molecule has 0 aliphatic carbocycles. The van der Waals surface area contributed by atoms with Crippen LogP contribution in [0.5, 0.6) is 0 Å². The van der Waals surface area contributed by atoms with Gasteiger partial charge in [-0.05, 0) is 12.1 Å². The quantitative estimate of drug-likeness (QED) is 0.759. The Bertz CT molecular complexity index is 615. The van der Waals surface area contributed by atoms with Crippen LogP contribution in [0.3, 0.4) is 0 Å². The summed E-state index contributed by atoms with van der Waals surface area (Å²) in [5.41, 5.74) is 3.99. The Labute approximate surface area is 106 Å². The second-order valence-electron chi connectivity index (χ2n) is 4.30. The highest BCUT2D eigenvalue weighted by atomic mass is 15.1. The van der Waals surface area contributed by atoms with Crippen molar-refractivity contribution in [3.63, 3.8) is 0 Å². The Hall–Kier alpha value is -2.41. The van der Waals surface area contributed by atoms with Gasteiger partial charge in [-0.1, -0.05) is 12.1 Å². The van der Waals surface area contributed by atoms with E-state index in [9.17, 15) is 0 Å². The minimum atomic E-state index is 0.720. The summed E-state index contributed by atoms with van der Waals surface area (Å²) in [4.78, 5) is 10.6. The molecule has 2 aromatic rings. The molecule has 0 N–H and O–H groups in total. The van der Waals surface area contributed by atoms with E-state index in [4.69, 9.17) is 5.26 Å². The SMILES string of the molecule is N#Cc1ccccc1N1CCc2ncncc2C1. The van der Waals surface area contributed by atoms with Crippen molar-refractivity contribution in [2.24, 2.45) is 0 Å². The van der Waals surface area contributed by atoms with Crippen LogP contribution in [0.2, 0.25) is 0 Å². The van der Waals surface area contributed by atoms with Crippen LogP contribution in [-0.4, -0.2) is 16.5 Å². The fraction of sp³-hybridized carbons (Fsp3) is 0.214. The van der Waals surface area contributed by atoms with Gasteiger partial charge in [0.2, 0.25) is 0 Å². The van der Waals surface area contributed by atoms with Crippen molar-refractivity contribution in [2.75, 3.05) is 11.4 Å². The van der Waals surface area contributed by atoms with Crippen LogP contribution in [0.15, 0.2) is 36.8 Å². The van der Waals surface area contributed by atoms with E-state index in [1.165, 1.54) is 0 Å². The van der Waals surface area contributed by atoms with Crippen molar-refractivity contribution >= 4 is 5.69 Å². The van der Waals surface area contributed by atoms with E-state index in [1.54, 1.807) is 6.33 Å². The molecule has 3 rings (SSSR count). The van der Waals surface area contributed by atoms with Crippen LogP contribution in [-0.2, 0) is 13.0 Å². The molecule has 0 saturated carbocycles. The second kappa shape index (κ2) is 4.46. The predicted octanol–water partition coefficient (Wildman–Crippen LogP) is 1.91. The smallest absolute Gasteiger partial charge is 0.115 e. The van der Waals surface area contributed by atoms with Gasteiger partial charge in [-0.3, -0.25) is 0 Å². The summed E-state index contributed by atoms with van der Waals surface area (Å²) in [7, 11) is 0. The topological polar surface area (TPSA) is 52.8 Å². The standard InChI is InChI=1S/C14H12N4/c15-7-11-3-1-2-4-14(11)18-6-5-13-12(9-18)8-16-10-17-13/h1-4,8,10H,5-6,9H2. The van der Waals surface area contributed by atoms with Gasteiger partial charge in [0, 0.05) is 31.3 Å². The Morgan fingerprint density at radius 3 is 3.06 bits per heavy atom. The van der Waals surface area contributed by atoms with Gasteiger partial charge < -0.3 is 4.90 Å². The highest BCUT2D eigenvalue weighted by molar-refractivity contribution is 5.60. The maximum atomic E-state index is 9.14. The number of hydrogen-bond donors (Lipinski definition) is 0. The van der Waals surface area contributed by atoms with Gasteiger partial charge in [-0.15, -0.1) is 0 Å². The van der Waals surface area contributed by atoms with Crippen molar-refractivity contribution in [2.45, 2.75) is 13.0 Å². The van der Waals surface area contributed by atoms with Crippen LogP contribution in [0.25, 0.3) is 0 Å². The minimum absolute atomic E-state index is 0.720. The number of nitrogens with zero attached hydrogens (tertiary/aromatic N) is 4. The molecule has 1 aromatic carbocycles. The lowest BCUT2D eigenvalue weighted by Gasteiger charge is -2.30. The molecule has 0 radical (unpaired) electrons. The van der Waals surface area contributed by atoms with Crippen LogP contribution in [0, 0.1) is 11.3 Å². The third kappa shape index (κ3) is 1.80. The fourth-order valence-electron chi connectivity index (χ4n) is 2.32. The zero-order chi connectivity index (χ0) is 12.4. The monoisotopic (exact) mass is 236 g/mol. The first kappa shape index (κ1) is 10.7. The van der Waals surface area contributed by atoms with Crippen LogP contribution < -0.4 is 4.90 Å². The molecule has 88 valence electrons. The second-order valence-corrected chi connectivity index (χ2v) is 4.30. The number of anilines is 1. The highest BCUT2D eigenvalue weighted by Crippen LogP contribution is 2.25. The summed E-state index contributed by atoms with van der Waals surface area (Å²) in [6.45, 7) is 1.66. The normalized spacial score (nSPS) is 13.8. The predicted molar refractivity (Wildman–Crippen MR) is 67.9 cm³/mol. The first-order valence-corrected chi connectivity index (χ1v) is 5.90. The number of benzene rings is 1. The molecule has 2 heterocycles. The van der Waals surface area contributed by atoms with Gasteiger partial charge >= 0.3 is 0 Å². The van der Waals surface area contributed by atoms with Gasteiger partial charge in [0.05, 0.1) is 16.9 Å². The molecule has 1 aliphatic heterocycles. The molecule has 4 nitrogen and oxygen atoms in total. The molecule has 1 aliphatic rings. The molecule has 1 aromatic heterocycles. The van der Waals surface area contributed by atoms with Crippen molar-refractivity contribution in [1.29, 1.82) is 5.26 Å². The van der Waals surface area contributed by atoms with Gasteiger partial charge in [-0.2, -0.15) is 5.26 Å². The van der Waals surface area contributed by atoms with Gasteiger partial charge in [0.1, 0.15) is 12.4 Å². The Kier molecular flexibility index (Phi) is 2.66. The molecule has 0 amide bonds. The molecule has 0 atom stereocenters. The van der Waals surface area contributed by atoms with Gasteiger partial charge in [0.25, 0.3) is 0 Å². The average Bonchev–Trinajstić information content (AvgIpc) is 2.46. The average molecular weight is 236 g/mol. The zero-order valence-electron chi connectivity index (χ0n) is 9.87. The van der Waals surface area contributed by atoms with Gasteiger partial charge in [-0.25, -0.2) is 9.97 Å². The number of hydrogen-bond acceptors (Lipinski definition) is 4.